The van der Waals surface area contributed by atoms with Crippen LogP contribution in [0.1, 0.15) is 0 Å². The minimum atomic E-state index is -0.296. The normalized spacial score (nSPS) is 11.1. The molecule has 3 rings (SSSR count). The minimum Gasteiger partial charge on any atom is -0.337 e. The van der Waals surface area contributed by atoms with E-state index < -0.39 is 0 Å². The summed E-state index contributed by atoms with van der Waals surface area (Å²) in [7, 11) is 0. The summed E-state index contributed by atoms with van der Waals surface area (Å²) in [5, 5.41) is 0. The molecule has 0 bridgehead atoms. The van der Waals surface area contributed by atoms with Crippen molar-refractivity contribution in [3.63, 3.8) is 0 Å². The van der Waals surface area contributed by atoms with Crippen molar-refractivity contribution in [2.75, 3.05) is 0 Å². The van der Waals surface area contributed by atoms with Crippen LogP contribution in [0.25, 0.3) is 21.7 Å². The van der Waals surface area contributed by atoms with Crippen molar-refractivity contribution in [3.05, 3.63) is 39.9 Å². The zero-order valence-electron chi connectivity index (χ0n) is 8.00. The van der Waals surface area contributed by atoms with E-state index in [4.69, 9.17) is 0 Å². The number of imidazole rings is 1. The molecule has 0 atom stereocenters. The Bertz CT molecular complexity index is 659. The van der Waals surface area contributed by atoms with Crippen molar-refractivity contribution in [2.45, 2.75) is 0 Å². The van der Waals surface area contributed by atoms with E-state index >= 15 is 0 Å². The molecule has 0 saturated heterocycles. The van der Waals surface area contributed by atoms with Crippen LogP contribution < -0.4 is 0 Å². The van der Waals surface area contributed by atoms with Crippen LogP contribution in [0, 0.1) is 5.82 Å². The number of para-hydroxylation sites is 1. The number of aromatic amines is 1. The Hall–Kier alpha value is -1.20. The first-order chi connectivity index (χ1) is 7.74. The number of thiophene rings is 1. The highest BCUT2D eigenvalue weighted by molar-refractivity contribution is 9.11. The number of rotatable bonds is 1. The van der Waals surface area contributed by atoms with Gasteiger partial charge in [0.15, 0.2) is 5.82 Å². The molecule has 0 unspecified atom stereocenters. The van der Waals surface area contributed by atoms with Crippen molar-refractivity contribution in [2.24, 2.45) is 0 Å². The lowest BCUT2D eigenvalue weighted by Gasteiger charge is -1.86. The summed E-state index contributed by atoms with van der Waals surface area (Å²) in [6, 6.07) is 8.80. The molecule has 5 heteroatoms. The maximum Gasteiger partial charge on any atom is 0.151 e. The van der Waals surface area contributed by atoms with Crippen LogP contribution in [0.15, 0.2) is 34.1 Å². The molecular weight excluding hydrogens is 291 g/mol. The van der Waals surface area contributed by atoms with Crippen LogP contribution >= 0.6 is 27.3 Å². The van der Waals surface area contributed by atoms with Gasteiger partial charge in [-0.15, -0.1) is 11.3 Å². The SMILES string of the molecule is Fc1cccc2[nH]c(-c3ccc(Br)s3)nc12. The lowest BCUT2D eigenvalue weighted by Crippen LogP contribution is -1.75. The van der Waals surface area contributed by atoms with Gasteiger partial charge in [-0.25, -0.2) is 9.37 Å². The molecule has 0 spiro atoms. The summed E-state index contributed by atoms with van der Waals surface area (Å²) in [4.78, 5) is 8.35. The number of hydrogen-bond acceptors (Lipinski definition) is 2. The van der Waals surface area contributed by atoms with E-state index in [-0.39, 0.29) is 5.82 Å². The molecular formula is C11H6BrFN2S. The fourth-order valence-electron chi connectivity index (χ4n) is 1.56. The largest absolute Gasteiger partial charge is 0.337 e. The first-order valence-electron chi connectivity index (χ1n) is 4.64. The predicted molar refractivity (Wildman–Crippen MR) is 67.1 cm³/mol. The van der Waals surface area contributed by atoms with E-state index in [1.165, 1.54) is 6.07 Å². The van der Waals surface area contributed by atoms with Crippen LogP contribution in [0.2, 0.25) is 0 Å². The maximum atomic E-state index is 13.4. The van der Waals surface area contributed by atoms with Crippen molar-refractivity contribution in [1.29, 1.82) is 0 Å². The van der Waals surface area contributed by atoms with Crippen molar-refractivity contribution in [1.82, 2.24) is 9.97 Å². The Morgan fingerprint density at radius 3 is 2.81 bits per heavy atom. The van der Waals surface area contributed by atoms with E-state index in [1.807, 2.05) is 18.2 Å². The number of nitrogens with zero attached hydrogens (tertiary/aromatic N) is 1. The Balaban J connectivity index is 2.22. The van der Waals surface area contributed by atoms with Gasteiger partial charge in [0.05, 0.1) is 14.2 Å². The average molecular weight is 297 g/mol. The molecule has 0 saturated carbocycles. The van der Waals surface area contributed by atoms with Gasteiger partial charge in [-0.3, -0.25) is 0 Å². The van der Waals surface area contributed by atoms with Crippen molar-refractivity contribution >= 4 is 38.3 Å². The number of benzene rings is 1. The third-order valence-corrected chi connectivity index (χ3v) is 3.90. The zero-order chi connectivity index (χ0) is 11.1. The Morgan fingerprint density at radius 1 is 1.25 bits per heavy atom. The molecule has 0 radical (unpaired) electrons. The van der Waals surface area contributed by atoms with Crippen LogP contribution in [0.4, 0.5) is 4.39 Å². The molecule has 1 aromatic carbocycles. The highest BCUT2D eigenvalue weighted by Gasteiger charge is 2.09. The van der Waals surface area contributed by atoms with E-state index in [2.05, 4.69) is 25.9 Å². The Morgan fingerprint density at radius 2 is 2.12 bits per heavy atom. The summed E-state index contributed by atoms with van der Waals surface area (Å²) in [5.41, 5.74) is 1.11. The van der Waals surface area contributed by atoms with Gasteiger partial charge in [0.25, 0.3) is 0 Å². The molecule has 0 aliphatic heterocycles. The molecule has 0 aliphatic carbocycles. The van der Waals surface area contributed by atoms with Gasteiger partial charge in [0, 0.05) is 0 Å². The van der Waals surface area contributed by atoms with Crippen LogP contribution in [-0.4, -0.2) is 9.97 Å². The number of nitrogens with one attached hydrogen (secondary N) is 1. The summed E-state index contributed by atoms with van der Waals surface area (Å²) in [6.45, 7) is 0. The highest BCUT2D eigenvalue weighted by Crippen LogP contribution is 2.30. The van der Waals surface area contributed by atoms with Gasteiger partial charge in [-0.1, -0.05) is 6.07 Å². The molecule has 80 valence electrons. The second kappa shape index (κ2) is 3.68. The molecule has 2 heterocycles. The van der Waals surface area contributed by atoms with Gasteiger partial charge >= 0.3 is 0 Å². The molecule has 3 aromatic rings. The molecule has 2 nitrogen and oxygen atoms in total. The zero-order valence-corrected chi connectivity index (χ0v) is 10.4. The van der Waals surface area contributed by atoms with Gasteiger partial charge in [0.1, 0.15) is 11.3 Å². The quantitative estimate of drug-likeness (QED) is 0.716. The molecule has 0 fully saturated rings. The second-order valence-corrected chi connectivity index (χ2v) is 5.79. The molecule has 1 N–H and O–H groups in total. The first-order valence-corrected chi connectivity index (χ1v) is 6.25. The van der Waals surface area contributed by atoms with Crippen molar-refractivity contribution in [3.8, 4) is 10.7 Å². The topological polar surface area (TPSA) is 28.7 Å². The van der Waals surface area contributed by atoms with Gasteiger partial charge < -0.3 is 4.98 Å². The minimum absolute atomic E-state index is 0.296. The lowest BCUT2D eigenvalue weighted by molar-refractivity contribution is 0.637. The van der Waals surface area contributed by atoms with Gasteiger partial charge in [0.2, 0.25) is 0 Å². The van der Waals surface area contributed by atoms with E-state index in [1.54, 1.807) is 17.4 Å². The van der Waals surface area contributed by atoms with E-state index in [0.717, 1.165) is 14.2 Å². The number of hydrogen-bond donors (Lipinski definition) is 1. The Labute approximate surface area is 103 Å². The van der Waals surface area contributed by atoms with Crippen LogP contribution in [-0.2, 0) is 0 Å². The Kier molecular flexibility index (Phi) is 2.29. The number of H-pyrrole nitrogens is 1. The molecule has 16 heavy (non-hydrogen) atoms. The molecule has 0 amide bonds. The first kappa shape index (κ1) is 9.99. The van der Waals surface area contributed by atoms with Gasteiger partial charge in [-0.05, 0) is 40.2 Å². The number of halogens is 2. The fraction of sp³-hybridized carbons (Fsp3) is 0. The smallest absolute Gasteiger partial charge is 0.151 e. The summed E-state index contributed by atoms with van der Waals surface area (Å²) in [6.07, 6.45) is 0. The number of aromatic nitrogens is 2. The van der Waals surface area contributed by atoms with E-state index in [9.17, 15) is 4.39 Å². The molecule has 0 aliphatic rings. The summed E-state index contributed by atoms with van der Waals surface area (Å²) in [5.74, 6) is 0.409. The monoisotopic (exact) mass is 296 g/mol. The summed E-state index contributed by atoms with van der Waals surface area (Å²) >= 11 is 4.95. The van der Waals surface area contributed by atoms with Crippen molar-refractivity contribution < 1.29 is 4.39 Å². The predicted octanol–water partition coefficient (Wildman–Crippen LogP) is 4.19. The molecule has 2 aromatic heterocycles. The maximum absolute atomic E-state index is 13.4. The van der Waals surface area contributed by atoms with Crippen LogP contribution in [0.5, 0.6) is 0 Å². The second-order valence-electron chi connectivity index (χ2n) is 3.33. The van der Waals surface area contributed by atoms with Gasteiger partial charge in [-0.2, -0.15) is 0 Å². The summed E-state index contributed by atoms with van der Waals surface area (Å²) < 4.78 is 14.5. The standard InChI is InChI=1S/C11H6BrFN2S/c12-9-5-4-8(16-9)11-14-7-3-1-2-6(13)10(7)15-11/h1-5H,(H,14,15). The third kappa shape index (κ3) is 1.56. The fourth-order valence-corrected chi connectivity index (χ4v) is 2.89. The highest BCUT2D eigenvalue weighted by atomic mass is 79.9. The number of fused-ring (bicyclic) bond motifs is 1. The van der Waals surface area contributed by atoms with Crippen LogP contribution in [0.3, 0.4) is 0 Å². The third-order valence-electron chi connectivity index (χ3n) is 2.27. The lowest BCUT2D eigenvalue weighted by atomic mass is 10.3. The van der Waals surface area contributed by atoms with E-state index in [0.29, 0.717) is 11.3 Å². The average Bonchev–Trinajstić information content (AvgIpc) is 2.84.